The Morgan fingerprint density at radius 3 is 2.38 bits per heavy atom. The van der Waals surface area contributed by atoms with Crippen molar-refractivity contribution in [1.29, 1.82) is 0 Å². The van der Waals surface area contributed by atoms with Crippen molar-refractivity contribution >= 4 is 28.9 Å². The molecule has 0 spiro atoms. The van der Waals surface area contributed by atoms with E-state index in [4.69, 9.17) is 10.5 Å². The molecule has 2 aliphatic heterocycles. The number of aliphatic hydroxyl groups is 2. The molecule has 10 nitrogen and oxygen atoms in total. The number of ether oxygens (including phenoxy) is 1. The molecule has 4 atom stereocenters. The van der Waals surface area contributed by atoms with Crippen LogP contribution in [0.15, 0.2) is 29.0 Å². The van der Waals surface area contributed by atoms with Crippen molar-refractivity contribution in [2.75, 3.05) is 44.3 Å². The Balaban J connectivity index is 1.48. The van der Waals surface area contributed by atoms with Crippen LogP contribution in [-0.2, 0) is 25.5 Å². The molecule has 0 radical (unpaired) electrons. The molecule has 1 amide bonds. The number of aromatic hydroxyl groups is 1. The van der Waals surface area contributed by atoms with Gasteiger partial charge in [0, 0.05) is 37.4 Å². The van der Waals surface area contributed by atoms with Crippen LogP contribution in [0.4, 0.5) is 5.69 Å². The highest BCUT2D eigenvalue weighted by Crippen LogP contribution is 2.52. The molecule has 196 valence electrons. The van der Waals surface area contributed by atoms with Gasteiger partial charge < -0.3 is 30.7 Å². The summed E-state index contributed by atoms with van der Waals surface area (Å²) in [7, 11) is 0. The first-order chi connectivity index (χ1) is 17.8. The number of phenols is 1. The second kappa shape index (κ2) is 8.88. The van der Waals surface area contributed by atoms with Crippen molar-refractivity contribution in [2.45, 2.75) is 31.7 Å². The highest BCUT2D eigenvalue weighted by Gasteiger charge is 2.56. The molecule has 3 aliphatic carbocycles. The van der Waals surface area contributed by atoms with E-state index in [1.165, 1.54) is 6.07 Å². The summed E-state index contributed by atoms with van der Waals surface area (Å²) < 4.78 is 5.45. The maximum Gasteiger partial charge on any atom is 0.255 e. The van der Waals surface area contributed by atoms with Crippen LogP contribution in [0.3, 0.4) is 0 Å². The van der Waals surface area contributed by atoms with E-state index in [1.807, 2.05) is 11.0 Å². The predicted octanol–water partition coefficient (Wildman–Crippen LogP) is 1.22. The Hall–Kier alpha value is -3.37. The number of nitrogens with zero attached hydrogens (tertiary/aromatic N) is 2. The molecule has 0 bridgehead atoms. The fraction of sp³-hybridized carbons (Fsp3) is 0.519. The number of allylic oxidation sites excluding steroid dienone is 2. The van der Waals surface area contributed by atoms with Gasteiger partial charge in [-0.1, -0.05) is 0 Å². The third kappa shape index (κ3) is 3.57. The van der Waals surface area contributed by atoms with Crippen molar-refractivity contribution < 1.29 is 34.4 Å². The molecule has 1 aromatic rings. The van der Waals surface area contributed by atoms with E-state index < -0.39 is 52.6 Å². The van der Waals surface area contributed by atoms with E-state index in [0.717, 1.165) is 37.2 Å². The lowest BCUT2D eigenvalue weighted by Gasteiger charge is -2.48. The monoisotopic (exact) mass is 509 g/mol. The van der Waals surface area contributed by atoms with Crippen molar-refractivity contribution in [1.82, 2.24) is 4.90 Å². The summed E-state index contributed by atoms with van der Waals surface area (Å²) in [4.78, 5) is 43.9. The molecule has 1 saturated carbocycles. The molecule has 0 aromatic heterocycles. The van der Waals surface area contributed by atoms with E-state index in [2.05, 4.69) is 4.90 Å². The number of amides is 1. The van der Waals surface area contributed by atoms with Gasteiger partial charge in [0.25, 0.3) is 5.91 Å². The second-order valence-electron chi connectivity index (χ2n) is 10.6. The second-order valence-corrected chi connectivity index (χ2v) is 10.6. The Labute approximate surface area is 214 Å². The molecule has 2 saturated heterocycles. The van der Waals surface area contributed by atoms with Crippen molar-refractivity contribution in [3.8, 4) is 5.75 Å². The summed E-state index contributed by atoms with van der Waals surface area (Å²) in [6, 6.07) is 2.60. The van der Waals surface area contributed by atoms with E-state index in [1.54, 1.807) is 0 Å². The predicted molar refractivity (Wildman–Crippen MR) is 133 cm³/mol. The van der Waals surface area contributed by atoms with Crippen molar-refractivity contribution in [3.05, 3.63) is 40.2 Å². The van der Waals surface area contributed by atoms with E-state index in [9.17, 15) is 29.7 Å². The maximum absolute atomic E-state index is 14.0. The zero-order valence-corrected chi connectivity index (χ0v) is 20.5. The Kier molecular flexibility index (Phi) is 5.76. The zero-order valence-electron chi connectivity index (χ0n) is 20.5. The van der Waals surface area contributed by atoms with Gasteiger partial charge in [-0.2, -0.15) is 0 Å². The summed E-state index contributed by atoms with van der Waals surface area (Å²) in [6.07, 6.45) is 2.90. The number of ketones is 2. The molecule has 1 aromatic carbocycles. The molecule has 1 unspecified atom stereocenters. The number of hydrogen-bond acceptors (Lipinski definition) is 9. The third-order valence-electron chi connectivity index (χ3n) is 8.75. The number of carbonyl (C=O) groups excluding carboxylic acids is 3. The molecule has 2 heterocycles. The summed E-state index contributed by atoms with van der Waals surface area (Å²) in [6.45, 7) is 3.50. The molecular weight excluding hydrogens is 478 g/mol. The molecule has 5 N–H and O–H groups in total. The lowest BCUT2D eigenvalue weighted by molar-refractivity contribution is -0.135. The van der Waals surface area contributed by atoms with Gasteiger partial charge in [-0.15, -0.1) is 0 Å². The summed E-state index contributed by atoms with van der Waals surface area (Å²) in [5.74, 6) is -5.35. The number of morpholine rings is 1. The van der Waals surface area contributed by atoms with Crippen LogP contribution in [0.5, 0.6) is 5.75 Å². The van der Waals surface area contributed by atoms with Crippen molar-refractivity contribution in [2.24, 2.45) is 23.5 Å². The van der Waals surface area contributed by atoms with Crippen LogP contribution in [-0.4, -0.2) is 83.1 Å². The van der Waals surface area contributed by atoms with E-state index in [-0.39, 0.29) is 22.6 Å². The smallest absolute Gasteiger partial charge is 0.255 e. The lowest BCUT2D eigenvalue weighted by Crippen LogP contribution is -2.59. The minimum absolute atomic E-state index is 0.112. The standard InChI is InChI=1S/C27H31N3O7/c28-27(36)21-25(34)20-15(22(26(21)35)30-7-9-37-10-8-30)12-13-11-14-16(29-5-1-2-6-29)3-4-17(31)19(14)23(32)18(13)24(20)33/h3-4,13,15,20,22,31-32,34H,1-2,5-12H2,(H2,28,36)/t13-,15+,20?,22+/m0/s1. The van der Waals surface area contributed by atoms with Gasteiger partial charge >= 0.3 is 0 Å². The summed E-state index contributed by atoms with van der Waals surface area (Å²) >= 11 is 0. The Morgan fingerprint density at radius 2 is 1.70 bits per heavy atom. The normalized spacial score (nSPS) is 30.3. The van der Waals surface area contributed by atoms with Gasteiger partial charge in [0.05, 0.1) is 30.7 Å². The number of anilines is 1. The molecule has 37 heavy (non-hydrogen) atoms. The maximum atomic E-state index is 14.0. The summed E-state index contributed by atoms with van der Waals surface area (Å²) in [5, 5.41) is 33.1. The fourth-order valence-electron chi connectivity index (χ4n) is 7.17. The Bertz CT molecular complexity index is 1260. The molecule has 3 fully saturated rings. The van der Waals surface area contributed by atoms with Crippen LogP contribution in [0, 0.1) is 17.8 Å². The SMILES string of the molecule is NC(=O)C1=C(O)C2C(=O)C3=C(O)c4c(O)ccc(N5CCCC5)c4C[C@H]3C[C@H]2[C@@H](N2CCOCC2)C1=O. The fourth-order valence-corrected chi connectivity index (χ4v) is 7.17. The quantitative estimate of drug-likeness (QED) is 0.440. The van der Waals surface area contributed by atoms with Gasteiger partial charge in [-0.25, -0.2) is 0 Å². The highest BCUT2D eigenvalue weighted by atomic mass is 16.5. The van der Waals surface area contributed by atoms with Gasteiger partial charge in [0.2, 0.25) is 0 Å². The number of benzene rings is 1. The largest absolute Gasteiger partial charge is 0.511 e. The van der Waals surface area contributed by atoms with Crippen LogP contribution in [0.2, 0.25) is 0 Å². The van der Waals surface area contributed by atoms with Gasteiger partial charge in [-0.05, 0) is 55.2 Å². The Morgan fingerprint density at radius 1 is 1.00 bits per heavy atom. The number of hydrogen-bond donors (Lipinski definition) is 4. The van der Waals surface area contributed by atoms with Gasteiger partial charge in [0.15, 0.2) is 11.6 Å². The van der Waals surface area contributed by atoms with Crippen LogP contribution < -0.4 is 10.6 Å². The minimum atomic E-state index is -1.17. The number of phenolic OH excluding ortho intramolecular Hbond substituents is 1. The van der Waals surface area contributed by atoms with Gasteiger partial charge in [-0.3, -0.25) is 19.3 Å². The number of Topliss-reactive ketones (excluding diaryl/α,β-unsaturated/α-hetero) is 2. The molecule has 6 rings (SSSR count). The van der Waals surface area contributed by atoms with Gasteiger partial charge in [0.1, 0.15) is 22.8 Å². The van der Waals surface area contributed by atoms with E-state index >= 15 is 0 Å². The van der Waals surface area contributed by atoms with Crippen LogP contribution in [0.1, 0.15) is 30.4 Å². The number of fused-ring (bicyclic) bond motifs is 3. The third-order valence-corrected chi connectivity index (χ3v) is 8.75. The average Bonchev–Trinajstić information content (AvgIpc) is 3.39. The minimum Gasteiger partial charge on any atom is -0.511 e. The lowest BCUT2D eigenvalue weighted by atomic mass is 9.59. The topological polar surface area (TPSA) is 154 Å². The van der Waals surface area contributed by atoms with Crippen LogP contribution in [0.25, 0.3) is 5.76 Å². The average molecular weight is 510 g/mol. The van der Waals surface area contributed by atoms with Crippen LogP contribution >= 0.6 is 0 Å². The number of carbonyl (C=O) groups is 3. The first-order valence-electron chi connectivity index (χ1n) is 13.0. The number of aliphatic hydroxyl groups excluding tert-OH is 2. The summed E-state index contributed by atoms with van der Waals surface area (Å²) in [5.41, 5.74) is 7.07. The molecule has 5 aliphatic rings. The number of nitrogens with two attached hydrogens (primary N) is 1. The highest BCUT2D eigenvalue weighted by molar-refractivity contribution is 6.23. The number of rotatable bonds is 3. The number of primary amides is 1. The van der Waals surface area contributed by atoms with E-state index in [0.29, 0.717) is 39.1 Å². The van der Waals surface area contributed by atoms with Crippen molar-refractivity contribution in [3.63, 3.8) is 0 Å². The molecule has 10 heteroatoms. The first kappa shape index (κ1) is 24.0. The first-order valence-corrected chi connectivity index (χ1v) is 13.0. The zero-order chi connectivity index (χ0) is 26.0. The molecular formula is C27H31N3O7.